The van der Waals surface area contributed by atoms with Gasteiger partial charge in [-0.25, -0.2) is 4.99 Å². The monoisotopic (exact) mass is 311 g/mol. The van der Waals surface area contributed by atoms with Crippen molar-refractivity contribution in [3.05, 3.63) is 64.7 Å². The lowest BCUT2D eigenvalue weighted by Gasteiger charge is -2.27. The first kappa shape index (κ1) is 14.5. The van der Waals surface area contributed by atoms with Gasteiger partial charge in [-0.1, -0.05) is 48.0 Å². The van der Waals surface area contributed by atoms with Crippen molar-refractivity contribution in [1.82, 2.24) is 0 Å². The van der Waals surface area contributed by atoms with Crippen molar-refractivity contribution in [2.75, 3.05) is 0 Å². The summed E-state index contributed by atoms with van der Waals surface area (Å²) in [5.41, 5.74) is 3.36. The van der Waals surface area contributed by atoms with Gasteiger partial charge in [0.25, 0.3) is 5.91 Å². The molecule has 1 amide bonds. The first-order valence-corrected chi connectivity index (χ1v) is 7.22. The third-order valence-electron chi connectivity index (χ3n) is 3.72. The van der Waals surface area contributed by atoms with Crippen molar-refractivity contribution < 1.29 is 4.79 Å². The fraction of sp³-hybridized carbons (Fsp3) is 0.118. The number of aliphatic imine (C=N–C) groups is 1. The molecule has 0 radical (unpaired) electrons. The molecule has 0 saturated heterocycles. The van der Waals surface area contributed by atoms with Crippen LogP contribution in [0.1, 0.15) is 12.5 Å². The summed E-state index contributed by atoms with van der Waals surface area (Å²) in [5.74, 6) is 4.90. The Balaban J connectivity index is 2.28. The van der Waals surface area contributed by atoms with Crippen LogP contribution in [0.4, 0.5) is 0 Å². The minimum Gasteiger partial charge on any atom is -0.323 e. The van der Waals surface area contributed by atoms with Crippen molar-refractivity contribution in [3.8, 4) is 0 Å². The molecule has 1 aromatic carbocycles. The number of allylic oxidation sites excluding steroid dienone is 5. The van der Waals surface area contributed by atoms with Crippen molar-refractivity contribution in [3.63, 3.8) is 0 Å². The minimum absolute atomic E-state index is 0.177. The summed E-state index contributed by atoms with van der Waals surface area (Å²) >= 11 is 6.14. The van der Waals surface area contributed by atoms with Crippen molar-refractivity contribution in [1.29, 1.82) is 0 Å². The van der Waals surface area contributed by atoms with Gasteiger partial charge in [-0.3, -0.25) is 4.79 Å². The largest absolute Gasteiger partial charge is 0.323 e. The number of amides is 1. The Labute approximate surface area is 133 Å². The second-order valence-corrected chi connectivity index (χ2v) is 5.51. The molecule has 0 saturated carbocycles. The van der Waals surface area contributed by atoms with Crippen LogP contribution in [0.3, 0.4) is 0 Å². The molecule has 110 valence electrons. The van der Waals surface area contributed by atoms with E-state index in [-0.39, 0.29) is 11.8 Å². The summed E-state index contributed by atoms with van der Waals surface area (Å²) in [4.78, 5) is 16.6. The van der Waals surface area contributed by atoms with Crippen molar-refractivity contribution in [2.45, 2.75) is 6.92 Å². The van der Waals surface area contributed by atoms with Gasteiger partial charge in [-0.2, -0.15) is 5.10 Å². The number of dihydropyridines is 1. The number of rotatable bonds is 2. The van der Waals surface area contributed by atoms with E-state index in [9.17, 15) is 4.79 Å². The Morgan fingerprint density at radius 3 is 2.68 bits per heavy atom. The molecule has 1 unspecified atom stereocenters. The van der Waals surface area contributed by atoms with Crippen LogP contribution in [-0.2, 0) is 4.79 Å². The predicted octanol–water partition coefficient (Wildman–Crippen LogP) is 3.06. The maximum atomic E-state index is 12.4. The van der Waals surface area contributed by atoms with Gasteiger partial charge >= 0.3 is 0 Å². The average molecular weight is 312 g/mol. The summed E-state index contributed by atoms with van der Waals surface area (Å²) in [5, 5.41) is 4.31. The summed E-state index contributed by atoms with van der Waals surface area (Å²) < 4.78 is 0. The molecule has 1 aromatic rings. The van der Waals surface area contributed by atoms with Gasteiger partial charge < -0.3 is 5.84 Å². The highest BCUT2D eigenvalue weighted by molar-refractivity contribution is 6.36. The number of carbonyl (C=O) groups is 1. The molecule has 0 aromatic heterocycles. The molecule has 3 rings (SSSR count). The zero-order valence-corrected chi connectivity index (χ0v) is 12.7. The van der Waals surface area contributed by atoms with Crippen molar-refractivity contribution in [2.24, 2.45) is 21.9 Å². The quantitative estimate of drug-likeness (QED) is 0.518. The Morgan fingerprint density at radius 2 is 2.00 bits per heavy atom. The van der Waals surface area contributed by atoms with Crippen LogP contribution in [0, 0.1) is 5.92 Å². The second-order valence-electron chi connectivity index (χ2n) is 5.07. The molecule has 4 nitrogen and oxygen atoms in total. The number of benzene rings is 1. The Kier molecular flexibility index (Phi) is 3.77. The number of hydrogen-bond donors (Lipinski definition) is 1. The van der Waals surface area contributed by atoms with E-state index in [1.807, 2.05) is 36.4 Å². The highest BCUT2D eigenvalue weighted by atomic mass is 35.5. The normalized spacial score (nSPS) is 21.5. The molecule has 1 aliphatic carbocycles. The lowest BCUT2D eigenvalue weighted by molar-refractivity contribution is -0.113. The van der Waals surface area contributed by atoms with Gasteiger partial charge in [0, 0.05) is 11.0 Å². The van der Waals surface area contributed by atoms with Crippen LogP contribution in [-0.4, -0.2) is 17.3 Å². The summed E-state index contributed by atoms with van der Waals surface area (Å²) in [6.07, 6.45) is 5.40. The number of halogens is 1. The fourth-order valence-electron chi connectivity index (χ4n) is 2.71. The summed E-state index contributed by atoms with van der Waals surface area (Å²) in [7, 11) is 0. The average Bonchev–Trinajstić information content (AvgIpc) is 2.54. The van der Waals surface area contributed by atoms with E-state index in [0.717, 1.165) is 11.1 Å². The lowest BCUT2D eigenvalue weighted by atomic mass is 9.80. The standard InChI is InChI=1S/C17H14ClN3O/c1-10(21-19)15-16(11-5-3-2-4-6-11)13-9-12(18)7-8-14(13)20-17(15)22/h2-9,13H,19H2,1H3/b21-10+. The van der Waals surface area contributed by atoms with Gasteiger partial charge in [-0.05, 0) is 30.2 Å². The molecule has 0 fully saturated rings. The number of nitrogens with two attached hydrogens (primary N) is 1. The van der Waals surface area contributed by atoms with E-state index in [1.165, 1.54) is 0 Å². The summed E-state index contributed by atoms with van der Waals surface area (Å²) in [6, 6.07) is 9.69. The molecule has 2 aliphatic rings. The van der Waals surface area contributed by atoms with Crippen LogP contribution in [0.15, 0.2) is 69.3 Å². The van der Waals surface area contributed by atoms with Crippen LogP contribution < -0.4 is 5.84 Å². The lowest BCUT2D eigenvalue weighted by Crippen LogP contribution is -2.27. The number of hydrazone groups is 1. The van der Waals surface area contributed by atoms with Gasteiger partial charge in [0.15, 0.2) is 0 Å². The topological polar surface area (TPSA) is 67.8 Å². The van der Waals surface area contributed by atoms with Crippen LogP contribution >= 0.6 is 11.6 Å². The van der Waals surface area contributed by atoms with E-state index in [4.69, 9.17) is 17.4 Å². The smallest absolute Gasteiger partial charge is 0.279 e. The Bertz CT molecular complexity index is 785. The number of fused-ring (bicyclic) bond motifs is 1. The zero-order valence-electron chi connectivity index (χ0n) is 12.0. The Hall–Kier alpha value is -2.46. The molecule has 1 atom stereocenters. The first-order chi connectivity index (χ1) is 10.6. The van der Waals surface area contributed by atoms with Gasteiger partial charge in [-0.15, -0.1) is 0 Å². The maximum absolute atomic E-state index is 12.4. The molecular weight excluding hydrogens is 298 g/mol. The molecule has 22 heavy (non-hydrogen) atoms. The van der Waals surface area contributed by atoms with E-state index in [1.54, 1.807) is 19.1 Å². The fourth-order valence-corrected chi connectivity index (χ4v) is 2.90. The Morgan fingerprint density at radius 1 is 1.27 bits per heavy atom. The second kappa shape index (κ2) is 5.73. The highest BCUT2D eigenvalue weighted by Crippen LogP contribution is 2.37. The van der Waals surface area contributed by atoms with Crippen molar-refractivity contribution >= 4 is 34.5 Å². The number of hydrogen-bond acceptors (Lipinski definition) is 3. The van der Waals surface area contributed by atoms with Gasteiger partial charge in [0.1, 0.15) is 0 Å². The first-order valence-electron chi connectivity index (χ1n) is 6.84. The number of carbonyl (C=O) groups excluding carboxylic acids is 1. The zero-order chi connectivity index (χ0) is 15.7. The molecule has 0 bridgehead atoms. The van der Waals surface area contributed by atoms with E-state index in [2.05, 4.69) is 10.1 Å². The maximum Gasteiger partial charge on any atom is 0.279 e. The molecule has 5 heteroatoms. The van der Waals surface area contributed by atoms with Gasteiger partial charge in [0.2, 0.25) is 0 Å². The predicted molar refractivity (Wildman–Crippen MR) is 89.7 cm³/mol. The number of nitrogens with zero attached hydrogens (tertiary/aromatic N) is 2. The third kappa shape index (κ3) is 2.42. The van der Waals surface area contributed by atoms with E-state index in [0.29, 0.717) is 22.0 Å². The SMILES string of the molecule is C/C(=N\N)C1=C(c2ccccc2)C2C=C(Cl)C=CC2=NC1=O. The molecule has 1 aliphatic heterocycles. The molecule has 0 spiro atoms. The highest BCUT2D eigenvalue weighted by Gasteiger charge is 2.33. The van der Waals surface area contributed by atoms with E-state index < -0.39 is 0 Å². The molecular formula is C17H14ClN3O. The summed E-state index contributed by atoms with van der Waals surface area (Å²) in [6.45, 7) is 1.71. The molecule has 2 N–H and O–H groups in total. The van der Waals surface area contributed by atoms with Crippen LogP contribution in [0.2, 0.25) is 0 Å². The van der Waals surface area contributed by atoms with Crippen LogP contribution in [0.25, 0.3) is 5.57 Å². The third-order valence-corrected chi connectivity index (χ3v) is 3.97. The van der Waals surface area contributed by atoms with E-state index >= 15 is 0 Å². The van der Waals surface area contributed by atoms with Gasteiger partial charge in [0.05, 0.1) is 17.0 Å². The molecule has 1 heterocycles. The van der Waals surface area contributed by atoms with Crippen LogP contribution in [0.5, 0.6) is 0 Å². The minimum atomic E-state index is -0.326.